The number of rotatable bonds is 6. The molecule has 0 unspecified atom stereocenters. The number of carboxylic acids is 1. The van der Waals surface area contributed by atoms with E-state index in [0.717, 1.165) is 17.8 Å². The molecule has 2 rings (SSSR count). The van der Waals surface area contributed by atoms with Gasteiger partial charge in [0.15, 0.2) is 0 Å². The molecule has 1 heterocycles. The lowest BCUT2D eigenvalue weighted by atomic mass is 10.2. The van der Waals surface area contributed by atoms with Crippen LogP contribution in [0.4, 0.5) is 5.69 Å². The third-order valence-electron chi connectivity index (χ3n) is 2.68. The van der Waals surface area contributed by atoms with E-state index in [1.165, 1.54) is 0 Å². The van der Waals surface area contributed by atoms with Gasteiger partial charge >= 0.3 is 5.97 Å². The van der Waals surface area contributed by atoms with Gasteiger partial charge in [-0.2, -0.15) is 0 Å². The van der Waals surface area contributed by atoms with Gasteiger partial charge in [0.1, 0.15) is 10.6 Å². The first-order valence-electron chi connectivity index (χ1n) is 6.46. The van der Waals surface area contributed by atoms with Gasteiger partial charge in [-0.25, -0.2) is 4.79 Å². The van der Waals surface area contributed by atoms with E-state index in [-0.39, 0.29) is 10.8 Å². The van der Waals surface area contributed by atoms with Gasteiger partial charge in [0.25, 0.3) is 5.91 Å². The number of carbonyl (C=O) groups is 2. The Hall–Kier alpha value is -2.34. The van der Waals surface area contributed by atoms with E-state index in [0.29, 0.717) is 23.6 Å². The molecule has 6 heteroatoms. The van der Waals surface area contributed by atoms with Gasteiger partial charge in [-0.1, -0.05) is 13.0 Å². The Labute approximate surface area is 126 Å². The average Bonchev–Trinajstić information content (AvgIpc) is 2.93. The number of ether oxygens (including phenoxy) is 1. The topological polar surface area (TPSA) is 75.6 Å². The fraction of sp³-hybridized carbons (Fsp3) is 0.200. The molecule has 0 saturated carbocycles. The molecule has 1 aromatic carbocycles. The molecule has 0 aliphatic rings. The van der Waals surface area contributed by atoms with E-state index in [1.807, 2.05) is 6.92 Å². The number of anilines is 1. The molecular weight excluding hydrogens is 290 g/mol. The largest absolute Gasteiger partial charge is 0.494 e. The number of hydrogen-bond donors (Lipinski definition) is 2. The van der Waals surface area contributed by atoms with Crippen LogP contribution in [0.2, 0.25) is 0 Å². The third kappa shape index (κ3) is 3.82. The lowest BCUT2D eigenvalue weighted by Gasteiger charge is -2.08. The highest BCUT2D eigenvalue weighted by atomic mass is 32.1. The van der Waals surface area contributed by atoms with Gasteiger partial charge in [0.05, 0.1) is 12.3 Å². The smallest absolute Gasteiger partial charge is 0.348 e. The Bertz CT molecular complexity index is 651. The summed E-state index contributed by atoms with van der Waals surface area (Å²) in [7, 11) is 0. The minimum absolute atomic E-state index is 0.113. The fourth-order valence-corrected chi connectivity index (χ4v) is 2.40. The number of nitrogens with one attached hydrogen (secondary N) is 1. The van der Waals surface area contributed by atoms with Crippen LogP contribution in [0.5, 0.6) is 5.75 Å². The first kappa shape index (κ1) is 15.1. The predicted octanol–water partition coefficient (Wildman–Crippen LogP) is 3.49. The molecule has 0 radical (unpaired) electrons. The van der Waals surface area contributed by atoms with Crippen LogP contribution in [-0.4, -0.2) is 23.6 Å². The molecule has 1 amide bonds. The second-order valence-corrected chi connectivity index (χ2v) is 5.22. The number of carbonyl (C=O) groups excluding carboxylic acids is 1. The van der Waals surface area contributed by atoms with Crippen molar-refractivity contribution in [1.82, 2.24) is 0 Å². The summed E-state index contributed by atoms with van der Waals surface area (Å²) < 4.78 is 5.47. The van der Waals surface area contributed by atoms with Gasteiger partial charge in [-0.15, -0.1) is 11.3 Å². The highest BCUT2D eigenvalue weighted by Crippen LogP contribution is 2.23. The Balaban J connectivity index is 2.13. The van der Waals surface area contributed by atoms with E-state index >= 15 is 0 Å². The molecule has 110 valence electrons. The van der Waals surface area contributed by atoms with Gasteiger partial charge in [0, 0.05) is 5.56 Å². The van der Waals surface area contributed by atoms with Crippen LogP contribution < -0.4 is 10.1 Å². The number of carboxylic acid groups (broad SMARTS) is 1. The Morgan fingerprint density at radius 1 is 1.33 bits per heavy atom. The van der Waals surface area contributed by atoms with Crippen molar-refractivity contribution in [2.75, 3.05) is 11.9 Å². The second kappa shape index (κ2) is 6.90. The summed E-state index contributed by atoms with van der Waals surface area (Å²) in [5.41, 5.74) is 0.725. The first-order valence-corrected chi connectivity index (χ1v) is 7.34. The van der Waals surface area contributed by atoms with E-state index in [1.54, 1.807) is 35.7 Å². The molecular formula is C15H15NO4S. The van der Waals surface area contributed by atoms with Crippen molar-refractivity contribution in [2.45, 2.75) is 13.3 Å². The van der Waals surface area contributed by atoms with Gasteiger partial charge in [-0.3, -0.25) is 4.79 Å². The van der Waals surface area contributed by atoms with Crippen molar-refractivity contribution in [2.24, 2.45) is 0 Å². The fourth-order valence-electron chi connectivity index (χ4n) is 1.71. The number of hydrogen-bond acceptors (Lipinski definition) is 4. The molecule has 0 bridgehead atoms. The van der Waals surface area contributed by atoms with Crippen molar-refractivity contribution in [1.29, 1.82) is 0 Å². The Morgan fingerprint density at radius 3 is 2.86 bits per heavy atom. The standard InChI is InChI=1S/C15H15NO4S/c1-2-7-20-11-5-3-4-10(9-11)14(17)16-12-6-8-21-13(12)15(18)19/h3-6,8-9H,2,7H2,1H3,(H,16,17)(H,18,19). The van der Waals surface area contributed by atoms with Crippen molar-refractivity contribution in [3.63, 3.8) is 0 Å². The lowest BCUT2D eigenvalue weighted by Crippen LogP contribution is -2.13. The predicted molar refractivity (Wildman–Crippen MR) is 81.5 cm³/mol. The van der Waals surface area contributed by atoms with Crippen molar-refractivity contribution in [3.8, 4) is 5.75 Å². The molecule has 0 atom stereocenters. The van der Waals surface area contributed by atoms with Crippen LogP contribution in [0.25, 0.3) is 0 Å². The van der Waals surface area contributed by atoms with Crippen molar-refractivity contribution >= 4 is 28.9 Å². The Morgan fingerprint density at radius 2 is 2.14 bits per heavy atom. The van der Waals surface area contributed by atoms with Gasteiger partial charge in [0.2, 0.25) is 0 Å². The monoisotopic (exact) mass is 305 g/mol. The molecule has 0 fully saturated rings. The summed E-state index contributed by atoms with van der Waals surface area (Å²) in [5, 5.41) is 13.2. The van der Waals surface area contributed by atoms with Crippen LogP contribution >= 0.6 is 11.3 Å². The third-order valence-corrected chi connectivity index (χ3v) is 3.58. The summed E-state index contributed by atoms with van der Waals surface area (Å²) in [6.45, 7) is 2.58. The number of aromatic carboxylic acids is 1. The maximum Gasteiger partial charge on any atom is 0.348 e. The summed E-state index contributed by atoms with van der Waals surface area (Å²) in [6.07, 6.45) is 0.882. The lowest BCUT2D eigenvalue weighted by molar-refractivity contribution is 0.0703. The summed E-state index contributed by atoms with van der Waals surface area (Å²) in [6, 6.07) is 8.37. The molecule has 2 aromatic rings. The molecule has 1 aromatic heterocycles. The summed E-state index contributed by atoms with van der Waals surface area (Å²) in [5.74, 6) is -0.800. The molecule has 21 heavy (non-hydrogen) atoms. The normalized spacial score (nSPS) is 10.1. The minimum Gasteiger partial charge on any atom is -0.494 e. The zero-order chi connectivity index (χ0) is 15.2. The SMILES string of the molecule is CCCOc1cccc(C(=O)Nc2ccsc2C(=O)O)c1. The molecule has 5 nitrogen and oxygen atoms in total. The summed E-state index contributed by atoms with van der Waals surface area (Å²) in [4.78, 5) is 23.3. The molecule has 0 saturated heterocycles. The van der Waals surface area contributed by atoms with Crippen LogP contribution in [0.3, 0.4) is 0 Å². The van der Waals surface area contributed by atoms with Crippen LogP contribution in [-0.2, 0) is 0 Å². The van der Waals surface area contributed by atoms with Crippen LogP contribution in [0, 0.1) is 0 Å². The van der Waals surface area contributed by atoms with Gasteiger partial charge in [-0.05, 0) is 36.1 Å². The van der Waals surface area contributed by atoms with Crippen LogP contribution in [0.1, 0.15) is 33.4 Å². The maximum atomic E-state index is 12.2. The highest BCUT2D eigenvalue weighted by Gasteiger charge is 2.15. The minimum atomic E-state index is -1.06. The van der Waals surface area contributed by atoms with Crippen molar-refractivity contribution < 1.29 is 19.4 Å². The zero-order valence-electron chi connectivity index (χ0n) is 11.5. The van der Waals surface area contributed by atoms with E-state index < -0.39 is 5.97 Å². The molecule has 0 aliphatic heterocycles. The quantitative estimate of drug-likeness (QED) is 0.856. The Kier molecular flexibility index (Phi) is 4.94. The second-order valence-electron chi connectivity index (χ2n) is 4.30. The number of thiophene rings is 1. The first-order chi connectivity index (χ1) is 10.1. The van der Waals surface area contributed by atoms with E-state index in [9.17, 15) is 9.59 Å². The molecule has 2 N–H and O–H groups in total. The number of amides is 1. The van der Waals surface area contributed by atoms with Crippen molar-refractivity contribution in [3.05, 3.63) is 46.2 Å². The van der Waals surface area contributed by atoms with E-state index in [2.05, 4.69) is 5.32 Å². The molecule has 0 spiro atoms. The van der Waals surface area contributed by atoms with Gasteiger partial charge < -0.3 is 15.2 Å². The molecule has 0 aliphatic carbocycles. The summed E-state index contributed by atoms with van der Waals surface area (Å²) >= 11 is 1.07. The zero-order valence-corrected chi connectivity index (χ0v) is 12.3. The maximum absolute atomic E-state index is 12.2. The average molecular weight is 305 g/mol. The number of benzene rings is 1. The van der Waals surface area contributed by atoms with E-state index in [4.69, 9.17) is 9.84 Å². The highest BCUT2D eigenvalue weighted by molar-refractivity contribution is 7.12. The van der Waals surface area contributed by atoms with Crippen LogP contribution in [0.15, 0.2) is 35.7 Å².